The van der Waals surface area contributed by atoms with Crippen LogP contribution in [0.25, 0.3) is 0 Å². The molecule has 0 saturated heterocycles. The van der Waals surface area contributed by atoms with E-state index in [1.165, 1.54) is 0 Å². The first kappa shape index (κ1) is 10.9. The Morgan fingerprint density at radius 1 is 1.42 bits per heavy atom. The van der Waals surface area contributed by atoms with E-state index in [2.05, 4.69) is 0 Å². The van der Waals surface area contributed by atoms with Crippen molar-refractivity contribution in [2.24, 2.45) is 23.1 Å². The highest BCUT2D eigenvalue weighted by Gasteiger charge is 2.28. The molecule has 7 N–H and O–H groups in total. The third-order valence-corrected chi connectivity index (χ3v) is 1.56. The lowest BCUT2D eigenvalue weighted by Gasteiger charge is -2.15. The summed E-state index contributed by atoms with van der Waals surface area (Å²) in [6.07, 6.45) is 0.152. The van der Waals surface area contributed by atoms with Crippen LogP contribution in [0.5, 0.6) is 0 Å². The molecule has 70 valence electrons. The molecule has 0 spiro atoms. The first-order valence-electron chi connectivity index (χ1n) is 3.48. The second-order valence-electron chi connectivity index (χ2n) is 2.45. The maximum atomic E-state index is 10.5. The van der Waals surface area contributed by atoms with Gasteiger partial charge in [0.25, 0.3) is 0 Å². The third kappa shape index (κ3) is 2.85. The van der Waals surface area contributed by atoms with Crippen LogP contribution in [0.1, 0.15) is 6.42 Å². The molecule has 0 aliphatic heterocycles. The van der Waals surface area contributed by atoms with Gasteiger partial charge in [-0.3, -0.25) is 9.59 Å². The Morgan fingerprint density at radius 2 is 1.92 bits per heavy atom. The number of nitrogens with two attached hydrogens (primary N) is 3. The number of hydrogen-bond donors (Lipinski definition) is 4. The normalized spacial score (nSPS) is 15.2. The Balaban J connectivity index is 4.28. The summed E-state index contributed by atoms with van der Waals surface area (Å²) in [5.41, 5.74) is 15.2. The molecule has 0 rings (SSSR count). The van der Waals surface area contributed by atoms with Crippen LogP contribution in [0.2, 0.25) is 0 Å². The molecular weight excluding hydrogens is 162 g/mol. The van der Waals surface area contributed by atoms with Crippen LogP contribution in [0, 0.1) is 5.92 Å². The van der Waals surface area contributed by atoms with Gasteiger partial charge in [0, 0.05) is 0 Å². The average Bonchev–Trinajstić information content (AvgIpc) is 1.98. The van der Waals surface area contributed by atoms with Crippen molar-refractivity contribution in [2.45, 2.75) is 12.5 Å². The summed E-state index contributed by atoms with van der Waals surface area (Å²) in [6, 6.07) is -1.16. The Labute approximate surface area is 69.7 Å². The standard InChI is InChI=1S/C6H13N3O3/c7-2-1-3(6(11)12)4(8)5(9)10/h3-4H,1-2,7-8H2,(H2,9,10)(H,11,12)/t3?,4-/m1/s1. The van der Waals surface area contributed by atoms with Crippen LogP contribution in [0.15, 0.2) is 0 Å². The van der Waals surface area contributed by atoms with E-state index in [1.54, 1.807) is 0 Å². The number of carbonyl (C=O) groups is 2. The Bertz CT molecular complexity index is 183. The summed E-state index contributed by atoms with van der Waals surface area (Å²) < 4.78 is 0. The van der Waals surface area contributed by atoms with Gasteiger partial charge in [-0.25, -0.2) is 0 Å². The molecule has 0 radical (unpaired) electrons. The number of hydrogen-bond acceptors (Lipinski definition) is 4. The molecule has 0 bridgehead atoms. The summed E-state index contributed by atoms with van der Waals surface area (Å²) in [6.45, 7) is 0.165. The molecule has 0 aromatic carbocycles. The molecule has 0 heterocycles. The Hall–Kier alpha value is -1.14. The van der Waals surface area contributed by atoms with Crippen molar-refractivity contribution in [3.63, 3.8) is 0 Å². The van der Waals surface area contributed by atoms with Crippen molar-refractivity contribution in [1.82, 2.24) is 0 Å². The van der Waals surface area contributed by atoms with Crippen molar-refractivity contribution < 1.29 is 14.7 Å². The fourth-order valence-corrected chi connectivity index (χ4v) is 0.834. The maximum Gasteiger partial charge on any atom is 0.308 e. The number of amides is 1. The monoisotopic (exact) mass is 175 g/mol. The zero-order valence-electron chi connectivity index (χ0n) is 6.56. The lowest BCUT2D eigenvalue weighted by Crippen LogP contribution is -2.46. The number of carbonyl (C=O) groups excluding carboxylic acids is 1. The van der Waals surface area contributed by atoms with E-state index >= 15 is 0 Å². The van der Waals surface area contributed by atoms with Gasteiger partial charge in [-0.1, -0.05) is 0 Å². The van der Waals surface area contributed by atoms with Crippen molar-refractivity contribution in [1.29, 1.82) is 0 Å². The topological polar surface area (TPSA) is 132 Å². The van der Waals surface area contributed by atoms with Gasteiger partial charge in [-0.2, -0.15) is 0 Å². The smallest absolute Gasteiger partial charge is 0.308 e. The Kier molecular flexibility index (Phi) is 4.24. The predicted molar refractivity (Wildman–Crippen MR) is 42.0 cm³/mol. The van der Waals surface area contributed by atoms with E-state index in [-0.39, 0.29) is 13.0 Å². The maximum absolute atomic E-state index is 10.5. The predicted octanol–water partition coefficient (Wildman–Crippen LogP) is -2.15. The second-order valence-corrected chi connectivity index (χ2v) is 2.45. The van der Waals surface area contributed by atoms with Crippen molar-refractivity contribution in [3.8, 4) is 0 Å². The van der Waals surface area contributed by atoms with Crippen LogP contribution in [0.3, 0.4) is 0 Å². The summed E-state index contributed by atoms with van der Waals surface area (Å²) in [7, 11) is 0. The number of rotatable bonds is 5. The zero-order valence-corrected chi connectivity index (χ0v) is 6.56. The molecule has 0 aromatic heterocycles. The van der Waals surface area contributed by atoms with E-state index in [0.29, 0.717) is 0 Å². The molecule has 0 aliphatic rings. The van der Waals surface area contributed by atoms with Crippen molar-refractivity contribution >= 4 is 11.9 Å². The number of carboxylic acid groups (broad SMARTS) is 1. The average molecular weight is 175 g/mol. The van der Waals surface area contributed by atoms with Crippen molar-refractivity contribution in [2.75, 3.05) is 6.54 Å². The zero-order chi connectivity index (χ0) is 9.72. The van der Waals surface area contributed by atoms with Gasteiger partial charge in [0.2, 0.25) is 5.91 Å². The van der Waals surface area contributed by atoms with Gasteiger partial charge >= 0.3 is 5.97 Å². The first-order valence-corrected chi connectivity index (χ1v) is 3.48. The highest BCUT2D eigenvalue weighted by atomic mass is 16.4. The molecule has 6 nitrogen and oxygen atoms in total. The summed E-state index contributed by atoms with van der Waals surface area (Å²) >= 11 is 0. The summed E-state index contributed by atoms with van der Waals surface area (Å²) in [5, 5.41) is 8.58. The molecular formula is C6H13N3O3. The van der Waals surface area contributed by atoms with Gasteiger partial charge in [0.05, 0.1) is 12.0 Å². The highest BCUT2D eigenvalue weighted by molar-refractivity contribution is 5.86. The van der Waals surface area contributed by atoms with Crippen LogP contribution in [0.4, 0.5) is 0 Å². The number of carboxylic acids is 1. The van der Waals surface area contributed by atoms with E-state index in [4.69, 9.17) is 22.3 Å². The molecule has 0 saturated carbocycles. The fraction of sp³-hybridized carbons (Fsp3) is 0.667. The molecule has 2 atom stereocenters. The molecule has 6 heteroatoms. The number of primary amides is 1. The molecule has 0 fully saturated rings. The van der Waals surface area contributed by atoms with E-state index in [0.717, 1.165) is 0 Å². The quantitative estimate of drug-likeness (QED) is 0.378. The highest BCUT2D eigenvalue weighted by Crippen LogP contribution is 2.06. The van der Waals surface area contributed by atoms with Crippen molar-refractivity contribution in [3.05, 3.63) is 0 Å². The first-order chi connectivity index (χ1) is 5.50. The van der Waals surface area contributed by atoms with Crippen LogP contribution >= 0.6 is 0 Å². The van der Waals surface area contributed by atoms with Crippen LogP contribution < -0.4 is 17.2 Å². The minimum atomic E-state index is -1.16. The van der Waals surface area contributed by atoms with Gasteiger partial charge in [-0.15, -0.1) is 0 Å². The van der Waals surface area contributed by atoms with E-state index in [1.807, 2.05) is 0 Å². The summed E-state index contributed by atoms with van der Waals surface area (Å²) in [5.74, 6) is -2.95. The summed E-state index contributed by atoms with van der Waals surface area (Å²) in [4.78, 5) is 21.0. The fourth-order valence-electron chi connectivity index (χ4n) is 0.834. The molecule has 0 aliphatic carbocycles. The Morgan fingerprint density at radius 3 is 2.17 bits per heavy atom. The number of aliphatic carboxylic acids is 1. The van der Waals surface area contributed by atoms with E-state index < -0.39 is 23.8 Å². The van der Waals surface area contributed by atoms with Gasteiger partial charge in [0.1, 0.15) is 0 Å². The molecule has 1 unspecified atom stereocenters. The van der Waals surface area contributed by atoms with Gasteiger partial charge in [-0.05, 0) is 13.0 Å². The van der Waals surface area contributed by atoms with Gasteiger partial charge < -0.3 is 22.3 Å². The van der Waals surface area contributed by atoms with Gasteiger partial charge in [0.15, 0.2) is 0 Å². The third-order valence-electron chi connectivity index (χ3n) is 1.56. The molecule has 12 heavy (non-hydrogen) atoms. The minimum absolute atomic E-state index is 0.152. The second kappa shape index (κ2) is 4.68. The van der Waals surface area contributed by atoms with Crippen LogP contribution in [-0.4, -0.2) is 29.6 Å². The largest absolute Gasteiger partial charge is 0.481 e. The minimum Gasteiger partial charge on any atom is -0.481 e. The molecule has 0 aromatic rings. The lowest BCUT2D eigenvalue weighted by molar-refractivity contribution is -0.144. The molecule has 1 amide bonds. The van der Waals surface area contributed by atoms with E-state index in [9.17, 15) is 9.59 Å². The SMILES string of the molecule is NCCC(C(=O)O)[C@@H](N)C(N)=O. The lowest BCUT2D eigenvalue weighted by atomic mass is 9.96. The van der Waals surface area contributed by atoms with Crippen LogP contribution in [-0.2, 0) is 9.59 Å².